The van der Waals surface area contributed by atoms with E-state index in [0.29, 0.717) is 28.6 Å². The van der Waals surface area contributed by atoms with Crippen LogP contribution in [0.4, 0.5) is 0 Å². The van der Waals surface area contributed by atoms with Crippen molar-refractivity contribution < 1.29 is 4.79 Å². The summed E-state index contributed by atoms with van der Waals surface area (Å²) in [4.78, 5) is 12.1. The second kappa shape index (κ2) is 8.61. The van der Waals surface area contributed by atoms with Gasteiger partial charge in [0.15, 0.2) is 0 Å². The number of carbonyl (C=O) groups excluding carboxylic acids is 1. The molecule has 4 aliphatic carbocycles. The number of Topliss-reactive ketones (excluding diaryl/α,β-unsaturated/α-hetero) is 1. The largest absolute Gasteiger partial charge is 0.315 e. The first-order chi connectivity index (χ1) is 13.8. The normalized spacial score (nSPS) is 44.4. The summed E-state index contributed by atoms with van der Waals surface area (Å²) in [5.41, 5.74) is 1.04. The van der Waals surface area contributed by atoms with Gasteiger partial charge in [-0.2, -0.15) is 0 Å². The Labute approximate surface area is 179 Å². The molecule has 0 heterocycles. The Hall–Kier alpha value is -0.410. The molecule has 0 radical (unpaired) electrons. The number of nitrogens with one attached hydrogen (secondary N) is 2. The van der Waals surface area contributed by atoms with Crippen molar-refractivity contribution in [2.45, 2.75) is 97.9 Å². The molecule has 0 bridgehead atoms. The molecule has 4 fully saturated rings. The molecule has 0 aromatic carbocycles. The zero-order chi connectivity index (χ0) is 20.6. The standard InChI is InChI=1S/C26H46N2O/c1-18(2)28-16-15-27-14-11-19-6-8-23-22-7-5-20-17-21(29)9-12-26(20,4)24(22)10-13-25(19,23)3/h18-20,22-24,27-28H,5-17H2,1-4H3. The van der Waals surface area contributed by atoms with E-state index in [2.05, 4.69) is 38.3 Å². The predicted molar refractivity (Wildman–Crippen MR) is 121 cm³/mol. The van der Waals surface area contributed by atoms with Crippen LogP contribution in [0, 0.1) is 40.4 Å². The minimum Gasteiger partial charge on any atom is -0.315 e. The molecule has 0 aromatic rings. The van der Waals surface area contributed by atoms with E-state index in [9.17, 15) is 4.79 Å². The summed E-state index contributed by atoms with van der Waals surface area (Å²) in [6.07, 6.45) is 12.8. The number of hydrogen-bond acceptors (Lipinski definition) is 3. The van der Waals surface area contributed by atoms with Crippen LogP contribution in [0.25, 0.3) is 0 Å². The van der Waals surface area contributed by atoms with Gasteiger partial charge in [-0.05, 0) is 98.3 Å². The van der Waals surface area contributed by atoms with Crippen molar-refractivity contribution in [2.24, 2.45) is 40.4 Å². The number of carbonyl (C=O) groups is 1. The molecular formula is C26H46N2O. The minimum absolute atomic E-state index is 0.460. The molecule has 7 atom stereocenters. The second-order valence-electron chi connectivity index (χ2n) is 11.9. The number of hydrogen-bond donors (Lipinski definition) is 2. The lowest BCUT2D eigenvalue weighted by Gasteiger charge is -2.60. The fourth-order valence-electron chi connectivity index (χ4n) is 8.48. The van der Waals surface area contributed by atoms with E-state index in [1.807, 2.05) is 0 Å². The number of fused-ring (bicyclic) bond motifs is 5. The molecule has 0 aromatic heterocycles. The predicted octanol–water partition coefficient (Wildman–Crippen LogP) is 5.19. The molecule has 0 saturated heterocycles. The van der Waals surface area contributed by atoms with Gasteiger partial charge in [0.25, 0.3) is 0 Å². The zero-order valence-electron chi connectivity index (χ0n) is 19.6. The molecule has 0 amide bonds. The summed E-state index contributed by atoms with van der Waals surface area (Å²) >= 11 is 0. The van der Waals surface area contributed by atoms with Crippen molar-refractivity contribution in [3.05, 3.63) is 0 Å². The summed E-state index contributed by atoms with van der Waals surface area (Å²) in [7, 11) is 0. The van der Waals surface area contributed by atoms with Crippen molar-refractivity contribution in [3.63, 3.8) is 0 Å². The van der Waals surface area contributed by atoms with Crippen LogP contribution in [0.2, 0.25) is 0 Å². The van der Waals surface area contributed by atoms with E-state index in [4.69, 9.17) is 0 Å². The Morgan fingerprint density at radius 1 is 0.931 bits per heavy atom. The summed E-state index contributed by atoms with van der Waals surface area (Å²) < 4.78 is 0. The van der Waals surface area contributed by atoms with Gasteiger partial charge in [0, 0.05) is 32.0 Å². The van der Waals surface area contributed by atoms with Gasteiger partial charge in [-0.3, -0.25) is 4.79 Å². The first-order valence-corrected chi connectivity index (χ1v) is 12.8. The highest BCUT2D eigenvalue weighted by molar-refractivity contribution is 5.79. The van der Waals surface area contributed by atoms with Gasteiger partial charge in [-0.1, -0.05) is 27.7 Å². The van der Waals surface area contributed by atoms with Crippen LogP contribution in [0.3, 0.4) is 0 Å². The van der Waals surface area contributed by atoms with Crippen LogP contribution in [-0.4, -0.2) is 31.5 Å². The lowest BCUT2D eigenvalue weighted by atomic mass is 9.44. The summed E-state index contributed by atoms with van der Waals surface area (Å²) in [6.45, 7) is 13.0. The van der Waals surface area contributed by atoms with E-state index in [1.54, 1.807) is 0 Å². The van der Waals surface area contributed by atoms with Gasteiger partial charge < -0.3 is 10.6 Å². The monoisotopic (exact) mass is 402 g/mol. The van der Waals surface area contributed by atoms with E-state index in [1.165, 1.54) is 57.9 Å². The third kappa shape index (κ3) is 4.07. The first-order valence-electron chi connectivity index (χ1n) is 12.8. The second-order valence-corrected chi connectivity index (χ2v) is 11.9. The van der Waals surface area contributed by atoms with Crippen molar-refractivity contribution >= 4 is 5.78 Å². The van der Waals surface area contributed by atoms with E-state index < -0.39 is 0 Å². The summed E-state index contributed by atoms with van der Waals surface area (Å²) in [6, 6.07) is 0.584. The molecule has 7 unspecified atom stereocenters. The fourth-order valence-corrected chi connectivity index (χ4v) is 8.48. The van der Waals surface area contributed by atoms with Gasteiger partial charge >= 0.3 is 0 Å². The SMILES string of the molecule is CC(C)NCCNCCC1CCC2C3CCC4CC(=O)CCC4(C)C3CCC12C. The molecule has 29 heavy (non-hydrogen) atoms. The highest BCUT2D eigenvalue weighted by atomic mass is 16.1. The molecule has 3 heteroatoms. The highest BCUT2D eigenvalue weighted by Gasteiger charge is 2.59. The van der Waals surface area contributed by atoms with Crippen LogP contribution in [0.1, 0.15) is 91.9 Å². The Balaban J connectivity index is 1.34. The molecule has 3 nitrogen and oxygen atoms in total. The van der Waals surface area contributed by atoms with Crippen LogP contribution in [0.15, 0.2) is 0 Å². The molecule has 0 spiro atoms. The van der Waals surface area contributed by atoms with E-state index in [0.717, 1.165) is 49.6 Å². The van der Waals surface area contributed by atoms with Crippen molar-refractivity contribution in [1.82, 2.24) is 10.6 Å². The van der Waals surface area contributed by atoms with Gasteiger partial charge in [0.05, 0.1) is 0 Å². The van der Waals surface area contributed by atoms with Gasteiger partial charge in [-0.15, -0.1) is 0 Å². The highest BCUT2D eigenvalue weighted by Crippen LogP contribution is 2.67. The average Bonchev–Trinajstić information content (AvgIpc) is 3.01. The maximum atomic E-state index is 12.1. The maximum absolute atomic E-state index is 12.1. The Kier molecular flexibility index (Phi) is 6.48. The molecule has 166 valence electrons. The smallest absolute Gasteiger partial charge is 0.133 e. The molecule has 4 rings (SSSR count). The van der Waals surface area contributed by atoms with Crippen molar-refractivity contribution in [1.29, 1.82) is 0 Å². The number of ketones is 1. The van der Waals surface area contributed by atoms with E-state index in [-0.39, 0.29) is 0 Å². The molecule has 2 N–H and O–H groups in total. The number of rotatable bonds is 7. The lowest BCUT2D eigenvalue weighted by Crippen LogP contribution is -2.53. The Morgan fingerprint density at radius 3 is 2.52 bits per heavy atom. The summed E-state index contributed by atoms with van der Waals surface area (Å²) in [5.74, 6) is 4.93. The summed E-state index contributed by atoms with van der Waals surface area (Å²) in [5, 5.41) is 7.19. The fraction of sp³-hybridized carbons (Fsp3) is 0.962. The minimum atomic E-state index is 0.460. The van der Waals surface area contributed by atoms with Gasteiger partial charge in [0.1, 0.15) is 5.78 Å². The Bertz CT molecular complexity index is 589. The van der Waals surface area contributed by atoms with Crippen LogP contribution >= 0.6 is 0 Å². The van der Waals surface area contributed by atoms with Gasteiger partial charge in [0.2, 0.25) is 0 Å². The van der Waals surface area contributed by atoms with Crippen molar-refractivity contribution in [3.8, 4) is 0 Å². The molecule has 0 aliphatic heterocycles. The Morgan fingerprint density at radius 2 is 1.72 bits per heavy atom. The first kappa shape index (κ1) is 21.8. The topological polar surface area (TPSA) is 41.1 Å². The van der Waals surface area contributed by atoms with Gasteiger partial charge in [-0.25, -0.2) is 0 Å². The molecule has 4 saturated carbocycles. The van der Waals surface area contributed by atoms with E-state index >= 15 is 0 Å². The quantitative estimate of drug-likeness (QED) is 0.576. The van der Waals surface area contributed by atoms with Crippen LogP contribution in [-0.2, 0) is 4.79 Å². The van der Waals surface area contributed by atoms with Crippen LogP contribution < -0.4 is 10.6 Å². The molecule has 4 aliphatic rings. The third-order valence-electron chi connectivity index (χ3n) is 10.2. The van der Waals surface area contributed by atoms with Crippen molar-refractivity contribution in [2.75, 3.05) is 19.6 Å². The van der Waals surface area contributed by atoms with Crippen LogP contribution in [0.5, 0.6) is 0 Å². The maximum Gasteiger partial charge on any atom is 0.133 e. The zero-order valence-corrected chi connectivity index (χ0v) is 19.6. The molecular weight excluding hydrogens is 356 g/mol. The average molecular weight is 403 g/mol. The third-order valence-corrected chi connectivity index (χ3v) is 10.2. The lowest BCUT2D eigenvalue weighted by molar-refractivity contribution is -0.139.